The van der Waals surface area contributed by atoms with Gasteiger partial charge in [0.25, 0.3) is 0 Å². The van der Waals surface area contributed by atoms with E-state index >= 15 is 0 Å². The highest BCUT2D eigenvalue weighted by atomic mass is 32.1. The standard InChI is InChI=1S/C9H13N3O2S2/c10-7-5-6-8(16-7)11-9(15-6)12(1-3-13)2-4-14/h5,13-14H,1-4,10H2. The number of nitrogens with two attached hydrogens (primary N) is 1. The van der Waals surface area contributed by atoms with Gasteiger partial charge in [-0.1, -0.05) is 22.7 Å². The Kier molecular flexibility index (Phi) is 3.59. The highest BCUT2D eigenvalue weighted by Gasteiger charge is 2.12. The molecule has 0 spiro atoms. The molecule has 7 heteroatoms. The molecule has 0 amide bonds. The molecule has 0 aliphatic carbocycles. The SMILES string of the molecule is Nc1cc2sc(N(CCO)CCO)nc2s1. The van der Waals surface area contributed by atoms with Crippen LogP contribution >= 0.6 is 22.7 Å². The number of nitrogen functional groups attached to an aromatic ring is 1. The fourth-order valence-corrected chi connectivity index (χ4v) is 3.46. The van der Waals surface area contributed by atoms with Crippen LogP contribution in [0.2, 0.25) is 0 Å². The van der Waals surface area contributed by atoms with Gasteiger partial charge in [0.15, 0.2) is 5.13 Å². The van der Waals surface area contributed by atoms with Gasteiger partial charge in [-0.25, -0.2) is 4.98 Å². The first kappa shape index (κ1) is 11.6. The molecule has 4 N–H and O–H groups in total. The second-order valence-electron chi connectivity index (χ2n) is 3.25. The molecule has 0 aromatic carbocycles. The predicted octanol–water partition coefficient (Wildman–Crippen LogP) is 0.731. The average molecular weight is 259 g/mol. The van der Waals surface area contributed by atoms with Crippen molar-refractivity contribution in [2.75, 3.05) is 36.9 Å². The zero-order chi connectivity index (χ0) is 11.5. The first-order valence-corrected chi connectivity index (χ1v) is 6.50. The summed E-state index contributed by atoms with van der Waals surface area (Å²) in [4.78, 5) is 7.22. The molecule has 2 aromatic rings. The van der Waals surface area contributed by atoms with Crippen molar-refractivity contribution < 1.29 is 10.2 Å². The third-order valence-electron chi connectivity index (χ3n) is 2.11. The highest BCUT2D eigenvalue weighted by Crippen LogP contribution is 2.35. The molecule has 0 bridgehead atoms. The zero-order valence-electron chi connectivity index (χ0n) is 8.59. The molecular formula is C9H13N3O2S2. The number of anilines is 2. The molecule has 0 aliphatic rings. The third kappa shape index (κ3) is 2.27. The monoisotopic (exact) mass is 259 g/mol. The highest BCUT2D eigenvalue weighted by molar-refractivity contribution is 7.30. The fourth-order valence-electron chi connectivity index (χ4n) is 1.42. The summed E-state index contributed by atoms with van der Waals surface area (Å²) in [5, 5.41) is 19.4. The van der Waals surface area contributed by atoms with E-state index in [2.05, 4.69) is 4.98 Å². The summed E-state index contributed by atoms with van der Waals surface area (Å²) in [5.41, 5.74) is 5.67. The van der Waals surface area contributed by atoms with Crippen molar-refractivity contribution >= 4 is 42.3 Å². The number of hydrogen-bond acceptors (Lipinski definition) is 7. The lowest BCUT2D eigenvalue weighted by Crippen LogP contribution is -2.29. The van der Waals surface area contributed by atoms with Crippen LogP contribution in [0.15, 0.2) is 6.07 Å². The molecule has 88 valence electrons. The minimum Gasteiger partial charge on any atom is -0.395 e. The summed E-state index contributed by atoms with van der Waals surface area (Å²) in [5.74, 6) is 0. The largest absolute Gasteiger partial charge is 0.395 e. The Morgan fingerprint density at radius 2 is 1.94 bits per heavy atom. The van der Waals surface area contributed by atoms with Crippen LogP contribution in [0.5, 0.6) is 0 Å². The number of aliphatic hydroxyl groups excluding tert-OH is 2. The Morgan fingerprint density at radius 3 is 2.50 bits per heavy atom. The van der Waals surface area contributed by atoms with Crippen molar-refractivity contribution in [1.29, 1.82) is 0 Å². The first-order chi connectivity index (χ1) is 7.74. The molecule has 0 unspecified atom stereocenters. The lowest BCUT2D eigenvalue weighted by molar-refractivity contribution is 0.281. The van der Waals surface area contributed by atoms with Gasteiger partial charge in [-0.2, -0.15) is 0 Å². The third-order valence-corrected chi connectivity index (χ3v) is 4.16. The molecule has 0 aliphatic heterocycles. The molecule has 0 saturated heterocycles. The van der Waals surface area contributed by atoms with Crippen LogP contribution in [0.1, 0.15) is 0 Å². The van der Waals surface area contributed by atoms with Gasteiger partial charge < -0.3 is 20.8 Å². The van der Waals surface area contributed by atoms with E-state index in [0.29, 0.717) is 13.1 Å². The summed E-state index contributed by atoms with van der Waals surface area (Å²) < 4.78 is 1.05. The van der Waals surface area contributed by atoms with Crippen LogP contribution in [-0.4, -0.2) is 41.5 Å². The fraction of sp³-hybridized carbons (Fsp3) is 0.444. The zero-order valence-corrected chi connectivity index (χ0v) is 10.2. The summed E-state index contributed by atoms with van der Waals surface area (Å²) in [7, 11) is 0. The van der Waals surface area contributed by atoms with E-state index in [9.17, 15) is 0 Å². The number of rotatable bonds is 5. The molecular weight excluding hydrogens is 246 g/mol. The Balaban J connectivity index is 2.25. The van der Waals surface area contributed by atoms with Crippen LogP contribution < -0.4 is 10.6 Å². The van der Waals surface area contributed by atoms with Gasteiger partial charge in [0.2, 0.25) is 0 Å². The minimum absolute atomic E-state index is 0.0510. The van der Waals surface area contributed by atoms with E-state index in [1.807, 2.05) is 11.0 Å². The van der Waals surface area contributed by atoms with Crippen molar-refractivity contribution in [3.8, 4) is 0 Å². The van der Waals surface area contributed by atoms with Gasteiger partial charge in [0, 0.05) is 13.1 Å². The van der Waals surface area contributed by atoms with Gasteiger partial charge >= 0.3 is 0 Å². The van der Waals surface area contributed by atoms with Crippen LogP contribution in [0.25, 0.3) is 9.53 Å². The first-order valence-electron chi connectivity index (χ1n) is 4.87. The van der Waals surface area contributed by atoms with Gasteiger partial charge in [0.1, 0.15) is 4.83 Å². The maximum atomic E-state index is 8.93. The Labute approximate surface area is 101 Å². The summed E-state index contributed by atoms with van der Waals surface area (Å²) in [6.07, 6.45) is 0. The lowest BCUT2D eigenvalue weighted by Gasteiger charge is -2.18. The van der Waals surface area contributed by atoms with E-state index in [-0.39, 0.29) is 13.2 Å². The van der Waals surface area contributed by atoms with Crippen molar-refractivity contribution in [1.82, 2.24) is 4.98 Å². The molecule has 2 aromatic heterocycles. The second-order valence-corrected chi connectivity index (χ2v) is 5.32. The van der Waals surface area contributed by atoms with Crippen LogP contribution in [0.3, 0.4) is 0 Å². The lowest BCUT2D eigenvalue weighted by atomic mass is 10.5. The number of hydrogen-bond donors (Lipinski definition) is 3. The molecule has 0 fully saturated rings. The number of aliphatic hydroxyl groups is 2. The maximum Gasteiger partial charge on any atom is 0.187 e. The minimum atomic E-state index is 0.0510. The van der Waals surface area contributed by atoms with E-state index in [1.54, 1.807) is 0 Å². The van der Waals surface area contributed by atoms with Crippen LogP contribution in [0, 0.1) is 0 Å². The van der Waals surface area contributed by atoms with Crippen molar-refractivity contribution in [2.24, 2.45) is 0 Å². The van der Waals surface area contributed by atoms with Crippen LogP contribution in [-0.2, 0) is 0 Å². The molecule has 0 atom stereocenters. The second kappa shape index (κ2) is 4.96. The van der Waals surface area contributed by atoms with E-state index in [4.69, 9.17) is 15.9 Å². The van der Waals surface area contributed by atoms with E-state index < -0.39 is 0 Å². The molecule has 2 rings (SSSR count). The Morgan fingerprint density at radius 1 is 1.25 bits per heavy atom. The topological polar surface area (TPSA) is 82.6 Å². The number of fused-ring (bicyclic) bond motifs is 1. The van der Waals surface area contributed by atoms with Crippen molar-refractivity contribution in [2.45, 2.75) is 0 Å². The van der Waals surface area contributed by atoms with Gasteiger partial charge in [-0.15, -0.1) is 0 Å². The molecule has 0 radical (unpaired) electrons. The number of aromatic nitrogens is 1. The predicted molar refractivity (Wildman–Crippen MR) is 68.3 cm³/mol. The van der Waals surface area contributed by atoms with E-state index in [1.165, 1.54) is 22.7 Å². The number of thiazole rings is 1. The van der Waals surface area contributed by atoms with Gasteiger partial charge in [0.05, 0.1) is 22.9 Å². The van der Waals surface area contributed by atoms with Crippen LogP contribution in [0.4, 0.5) is 10.1 Å². The summed E-state index contributed by atoms with van der Waals surface area (Å²) in [6.45, 7) is 1.07. The Bertz CT molecular complexity index is 431. The Hall–Kier alpha value is -0.890. The number of thiophene rings is 1. The average Bonchev–Trinajstić information content (AvgIpc) is 2.74. The molecule has 16 heavy (non-hydrogen) atoms. The smallest absolute Gasteiger partial charge is 0.187 e. The van der Waals surface area contributed by atoms with Crippen molar-refractivity contribution in [3.05, 3.63) is 6.07 Å². The van der Waals surface area contributed by atoms with Gasteiger partial charge in [-0.05, 0) is 6.07 Å². The molecule has 2 heterocycles. The molecule has 0 saturated carbocycles. The van der Waals surface area contributed by atoms with E-state index in [0.717, 1.165) is 19.7 Å². The van der Waals surface area contributed by atoms with Crippen molar-refractivity contribution in [3.63, 3.8) is 0 Å². The number of nitrogens with zero attached hydrogens (tertiary/aromatic N) is 2. The molecule has 5 nitrogen and oxygen atoms in total. The van der Waals surface area contributed by atoms with Gasteiger partial charge in [-0.3, -0.25) is 0 Å². The summed E-state index contributed by atoms with van der Waals surface area (Å²) in [6, 6.07) is 1.90. The normalized spacial score (nSPS) is 11.1. The summed E-state index contributed by atoms with van der Waals surface area (Å²) >= 11 is 2.98. The quantitative estimate of drug-likeness (QED) is 0.737. The maximum absolute atomic E-state index is 8.93.